The van der Waals surface area contributed by atoms with E-state index in [-0.39, 0.29) is 6.10 Å². The fraction of sp³-hybridized carbons (Fsp3) is 0.714. The Morgan fingerprint density at radius 1 is 0.966 bits per heavy atom. The van der Waals surface area contributed by atoms with Crippen molar-refractivity contribution in [1.29, 1.82) is 0 Å². The molecule has 162 valence electrons. The van der Waals surface area contributed by atoms with Crippen LogP contribution in [-0.2, 0) is 0 Å². The number of hydrogen-bond acceptors (Lipinski definition) is 1. The lowest BCUT2D eigenvalue weighted by atomic mass is 9.65. The molecule has 0 spiro atoms. The van der Waals surface area contributed by atoms with Crippen LogP contribution in [0.2, 0.25) is 0 Å². The average molecular weight is 397 g/mol. The predicted octanol–water partition coefficient (Wildman–Crippen LogP) is 7.79. The molecule has 5 unspecified atom stereocenters. The normalized spacial score (nSPS) is 33.2. The summed E-state index contributed by atoms with van der Waals surface area (Å²) in [6.45, 7) is 14.2. The maximum Gasteiger partial charge on any atom is 0.0583 e. The smallest absolute Gasteiger partial charge is 0.0583 e. The highest BCUT2D eigenvalue weighted by Crippen LogP contribution is 2.57. The van der Waals surface area contributed by atoms with Crippen LogP contribution < -0.4 is 0 Å². The minimum atomic E-state index is -0.149. The van der Waals surface area contributed by atoms with Gasteiger partial charge in [0.2, 0.25) is 0 Å². The highest BCUT2D eigenvalue weighted by atomic mass is 16.3. The Kier molecular flexibility index (Phi) is 7.31. The molecule has 0 radical (unpaired) electrons. The van der Waals surface area contributed by atoms with Crippen molar-refractivity contribution in [2.45, 2.75) is 99.0 Å². The molecule has 0 aromatic heterocycles. The molecule has 1 nitrogen and oxygen atoms in total. The summed E-state index contributed by atoms with van der Waals surface area (Å²) in [7, 11) is 0. The molecule has 0 bridgehead atoms. The summed E-state index contributed by atoms with van der Waals surface area (Å²) in [5.41, 5.74) is 6.57. The summed E-state index contributed by atoms with van der Waals surface area (Å²) in [5, 5.41) is 10.1. The molecule has 1 fully saturated rings. The summed E-state index contributed by atoms with van der Waals surface area (Å²) >= 11 is 0. The molecule has 0 heterocycles. The van der Waals surface area contributed by atoms with Gasteiger partial charge in [-0.1, -0.05) is 70.1 Å². The highest BCUT2D eigenvalue weighted by Gasteiger charge is 2.46. The van der Waals surface area contributed by atoms with Gasteiger partial charge in [-0.05, 0) is 98.5 Å². The molecule has 0 aromatic rings. The van der Waals surface area contributed by atoms with Crippen LogP contribution in [0.5, 0.6) is 0 Å². The van der Waals surface area contributed by atoms with E-state index in [4.69, 9.17) is 0 Å². The van der Waals surface area contributed by atoms with Crippen LogP contribution in [-0.4, -0.2) is 11.2 Å². The summed E-state index contributed by atoms with van der Waals surface area (Å²) in [6, 6.07) is 0. The van der Waals surface area contributed by atoms with Crippen LogP contribution in [0.15, 0.2) is 46.6 Å². The molecule has 0 aromatic carbocycles. The third kappa shape index (κ3) is 4.98. The standard InChI is InChI=1S/C28H44O/c1-19(2)20(3)9-10-22(5)26-15-16-27-23(8-7-17-28(26,27)6)12-13-24-18-25(29)14-11-21(24)4/h9-10,12-13,19-20,22,25-26,29H,7-8,11,14-18H2,1-6H3. The van der Waals surface area contributed by atoms with Gasteiger partial charge in [-0.3, -0.25) is 0 Å². The Bertz CT molecular complexity index is 704. The second-order valence-corrected chi connectivity index (χ2v) is 10.8. The summed E-state index contributed by atoms with van der Waals surface area (Å²) in [6.07, 6.45) is 18.9. The molecule has 5 atom stereocenters. The van der Waals surface area contributed by atoms with Crippen molar-refractivity contribution in [2.24, 2.45) is 29.1 Å². The van der Waals surface area contributed by atoms with Gasteiger partial charge in [0.25, 0.3) is 0 Å². The fourth-order valence-electron chi connectivity index (χ4n) is 6.01. The minimum Gasteiger partial charge on any atom is -0.393 e. The van der Waals surface area contributed by atoms with Gasteiger partial charge in [0.05, 0.1) is 6.10 Å². The molecule has 3 rings (SSSR count). The molecule has 0 saturated heterocycles. The van der Waals surface area contributed by atoms with Crippen molar-refractivity contribution in [3.63, 3.8) is 0 Å². The highest BCUT2D eigenvalue weighted by molar-refractivity contribution is 5.40. The molecule has 0 amide bonds. The Hall–Kier alpha value is -1.08. The number of fused-ring (bicyclic) bond motifs is 1. The van der Waals surface area contributed by atoms with Crippen LogP contribution in [0.3, 0.4) is 0 Å². The van der Waals surface area contributed by atoms with Crippen molar-refractivity contribution in [2.75, 3.05) is 0 Å². The lowest BCUT2D eigenvalue weighted by Crippen LogP contribution is -2.30. The van der Waals surface area contributed by atoms with Crippen LogP contribution in [0.4, 0.5) is 0 Å². The number of aliphatic hydroxyl groups excluding tert-OH is 1. The number of aliphatic hydroxyl groups is 1. The maximum atomic E-state index is 10.1. The van der Waals surface area contributed by atoms with E-state index in [1.54, 1.807) is 11.1 Å². The second kappa shape index (κ2) is 9.38. The summed E-state index contributed by atoms with van der Waals surface area (Å²) in [4.78, 5) is 0. The molecule has 0 aliphatic heterocycles. The first kappa shape index (κ1) is 22.6. The van der Waals surface area contributed by atoms with Crippen molar-refractivity contribution >= 4 is 0 Å². The lowest BCUT2D eigenvalue weighted by molar-refractivity contribution is 0.159. The monoisotopic (exact) mass is 396 g/mol. The molecule has 29 heavy (non-hydrogen) atoms. The predicted molar refractivity (Wildman–Crippen MR) is 126 cm³/mol. The van der Waals surface area contributed by atoms with E-state index in [0.29, 0.717) is 17.3 Å². The zero-order chi connectivity index (χ0) is 21.2. The average Bonchev–Trinajstić information content (AvgIpc) is 3.04. The van der Waals surface area contributed by atoms with Crippen molar-refractivity contribution in [1.82, 2.24) is 0 Å². The van der Waals surface area contributed by atoms with E-state index < -0.39 is 0 Å². The number of hydrogen-bond donors (Lipinski definition) is 1. The van der Waals surface area contributed by atoms with Crippen LogP contribution in [0.25, 0.3) is 0 Å². The summed E-state index contributed by atoms with van der Waals surface area (Å²) in [5.74, 6) is 2.80. The number of rotatable bonds is 6. The van der Waals surface area contributed by atoms with E-state index in [2.05, 4.69) is 65.8 Å². The first-order valence-electron chi connectivity index (χ1n) is 12.2. The first-order valence-corrected chi connectivity index (χ1v) is 12.2. The largest absolute Gasteiger partial charge is 0.393 e. The SMILES string of the molecule is CC1=C(C=CC2=C3CCC(C(C)C=CC(C)C(C)C)C3(C)CCC2)CC(O)CC1. The van der Waals surface area contributed by atoms with Gasteiger partial charge < -0.3 is 5.11 Å². The Morgan fingerprint density at radius 3 is 2.41 bits per heavy atom. The van der Waals surface area contributed by atoms with E-state index in [9.17, 15) is 5.11 Å². The van der Waals surface area contributed by atoms with Gasteiger partial charge in [0, 0.05) is 0 Å². The van der Waals surface area contributed by atoms with Gasteiger partial charge >= 0.3 is 0 Å². The van der Waals surface area contributed by atoms with Gasteiger partial charge in [-0.25, -0.2) is 0 Å². The quantitative estimate of drug-likeness (QED) is 0.454. The van der Waals surface area contributed by atoms with Crippen molar-refractivity contribution in [3.8, 4) is 0 Å². The third-order valence-electron chi connectivity index (χ3n) is 8.49. The third-order valence-corrected chi connectivity index (χ3v) is 8.49. The lowest BCUT2D eigenvalue weighted by Gasteiger charge is -2.40. The van der Waals surface area contributed by atoms with Crippen LogP contribution in [0, 0.1) is 29.1 Å². The fourth-order valence-corrected chi connectivity index (χ4v) is 6.01. The van der Waals surface area contributed by atoms with Gasteiger partial charge in [0.1, 0.15) is 0 Å². The Morgan fingerprint density at radius 2 is 1.69 bits per heavy atom. The first-order chi connectivity index (χ1) is 13.7. The zero-order valence-corrected chi connectivity index (χ0v) is 19.8. The molecule has 1 N–H and O–H groups in total. The van der Waals surface area contributed by atoms with Crippen LogP contribution in [0.1, 0.15) is 92.9 Å². The van der Waals surface area contributed by atoms with Crippen molar-refractivity contribution < 1.29 is 5.11 Å². The van der Waals surface area contributed by atoms with Gasteiger partial charge in [0.15, 0.2) is 0 Å². The second-order valence-electron chi connectivity index (χ2n) is 10.8. The molecule has 1 saturated carbocycles. The van der Waals surface area contributed by atoms with E-state index in [0.717, 1.165) is 31.1 Å². The van der Waals surface area contributed by atoms with Crippen molar-refractivity contribution in [3.05, 3.63) is 46.6 Å². The molecule has 3 aliphatic rings. The summed E-state index contributed by atoms with van der Waals surface area (Å²) < 4.78 is 0. The van der Waals surface area contributed by atoms with E-state index in [1.807, 2.05) is 0 Å². The topological polar surface area (TPSA) is 20.2 Å². The van der Waals surface area contributed by atoms with E-state index in [1.165, 1.54) is 43.3 Å². The van der Waals surface area contributed by atoms with Gasteiger partial charge in [-0.2, -0.15) is 0 Å². The molecule has 1 heteroatoms. The van der Waals surface area contributed by atoms with Crippen LogP contribution >= 0.6 is 0 Å². The molecular formula is C28H44O. The Labute approximate surface area is 180 Å². The van der Waals surface area contributed by atoms with Gasteiger partial charge in [-0.15, -0.1) is 0 Å². The van der Waals surface area contributed by atoms with E-state index >= 15 is 0 Å². The minimum absolute atomic E-state index is 0.149. The Balaban J connectivity index is 1.79. The molecular weight excluding hydrogens is 352 g/mol. The zero-order valence-electron chi connectivity index (χ0n) is 19.8. The number of allylic oxidation sites excluding steroid dienone is 7. The molecule has 3 aliphatic carbocycles. The maximum absolute atomic E-state index is 10.1.